The molecule has 0 bridgehead atoms. The lowest BCUT2D eigenvalue weighted by atomic mass is 9.86. The van der Waals surface area contributed by atoms with Crippen molar-refractivity contribution in [1.29, 1.82) is 0 Å². The van der Waals surface area contributed by atoms with Crippen LogP contribution >= 0.6 is 11.8 Å². The lowest BCUT2D eigenvalue weighted by molar-refractivity contribution is -0.144. The maximum atomic E-state index is 11.5. The SMILES string of the molecule is CCOC(=O)C[C@@H](O)C1=C(C)[C@]2(CCC1)OCCS2. The number of esters is 1. The smallest absolute Gasteiger partial charge is 0.308 e. The first kappa shape index (κ1) is 14.9. The van der Waals surface area contributed by atoms with Crippen molar-refractivity contribution in [2.24, 2.45) is 0 Å². The summed E-state index contributed by atoms with van der Waals surface area (Å²) in [6.45, 7) is 4.92. The average molecular weight is 286 g/mol. The summed E-state index contributed by atoms with van der Waals surface area (Å²) in [5.74, 6) is 0.661. The van der Waals surface area contributed by atoms with Gasteiger partial charge in [0.15, 0.2) is 0 Å². The minimum absolute atomic E-state index is 0.0429. The Balaban J connectivity index is 2.10. The molecule has 1 aliphatic heterocycles. The molecule has 1 fully saturated rings. The monoisotopic (exact) mass is 286 g/mol. The molecule has 1 saturated heterocycles. The molecule has 0 amide bonds. The van der Waals surface area contributed by atoms with Gasteiger partial charge in [0.25, 0.3) is 0 Å². The van der Waals surface area contributed by atoms with Gasteiger partial charge in [-0.25, -0.2) is 0 Å². The number of carbonyl (C=O) groups is 1. The Bertz CT molecular complexity index is 372. The average Bonchev–Trinajstić information content (AvgIpc) is 2.82. The van der Waals surface area contributed by atoms with Gasteiger partial charge in [-0.15, -0.1) is 11.8 Å². The third-order valence-corrected chi connectivity index (χ3v) is 5.29. The van der Waals surface area contributed by atoms with Crippen LogP contribution in [0.5, 0.6) is 0 Å². The lowest BCUT2D eigenvalue weighted by Gasteiger charge is -2.36. The lowest BCUT2D eigenvalue weighted by Crippen LogP contribution is -2.33. The van der Waals surface area contributed by atoms with Crippen molar-refractivity contribution in [3.8, 4) is 0 Å². The first-order valence-corrected chi connectivity index (χ1v) is 7.89. The van der Waals surface area contributed by atoms with E-state index in [1.807, 2.05) is 18.7 Å². The fourth-order valence-electron chi connectivity index (χ4n) is 2.86. The second kappa shape index (κ2) is 6.29. The minimum atomic E-state index is -0.735. The first-order chi connectivity index (χ1) is 9.09. The molecule has 0 radical (unpaired) electrons. The maximum Gasteiger partial charge on any atom is 0.308 e. The summed E-state index contributed by atoms with van der Waals surface area (Å²) >= 11 is 1.82. The number of carbonyl (C=O) groups excluding carboxylic acids is 1. The van der Waals surface area contributed by atoms with Gasteiger partial charge in [0.05, 0.1) is 25.7 Å². The molecule has 0 aromatic carbocycles. The number of thioether (sulfide) groups is 1. The van der Waals surface area contributed by atoms with Crippen LogP contribution in [0, 0.1) is 0 Å². The summed E-state index contributed by atoms with van der Waals surface area (Å²) in [5.41, 5.74) is 2.08. The summed E-state index contributed by atoms with van der Waals surface area (Å²) in [5, 5.41) is 10.3. The zero-order valence-electron chi connectivity index (χ0n) is 11.6. The van der Waals surface area contributed by atoms with Gasteiger partial charge >= 0.3 is 5.97 Å². The van der Waals surface area contributed by atoms with Gasteiger partial charge in [0.2, 0.25) is 0 Å². The molecule has 2 aliphatic rings. The summed E-state index contributed by atoms with van der Waals surface area (Å²) < 4.78 is 10.8. The van der Waals surface area contributed by atoms with E-state index in [1.54, 1.807) is 6.92 Å². The molecule has 108 valence electrons. The molecule has 1 spiro atoms. The highest BCUT2D eigenvalue weighted by Crippen LogP contribution is 2.48. The van der Waals surface area contributed by atoms with Crippen LogP contribution in [0.4, 0.5) is 0 Å². The van der Waals surface area contributed by atoms with Crippen molar-refractivity contribution in [3.05, 3.63) is 11.1 Å². The number of hydrogen-bond acceptors (Lipinski definition) is 5. The van der Waals surface area contributed by atoms with Gasteiger partial charge in [-0.05, 0) is 44.3 Å². The predicted octanol–water partition coefficient (Wildman–Crippen LogP) is 2.26. The van der Waals surface area contributed by atoms with Crippen LogP contribution in [0.15, 0.2) is 11.1 Å². The Labute approximate surface area is 118 Å². The van der Waals surface area contributed by atoms with Crippen molar-refractivity contribution < 1.29 is 19.4 Å². The standard InChI is InChI=1S/C14H22O4S/c1-3-17-13(16)9-12(15)11-5-4-6-14(10(11)2)18-7-8-19-14/h12,15H,3-9H2,1-2H3/t12-,14-/m1/s1. The largest absolute Gasteiger partial charge is 0.466 e. The van der Waals surface area contributed by atoms with E-state index in [0.29, 0.717) is 6.61 Å². The summed E-state index contributed by atoms with van der Waals surface area (Å²) in [6.07, 6.45) is 2.15. The van der Waals surface area contributed by atoms with E-state index in [1.165, 1.54) is 0 Å². The topological polar surface area (TPSA) is 55.8 Å². The van der Waals surface area contributed by atoms with Crippen LogP contribution in [0.3, 0.4) is 0 Å². The molecule has 4 nitrogen and oxygen atoms in total. The number of ether oxygens (including phenoxy) is 2. The van der Waals surface area contributed by atoms with Crippen LogP contribution < -0.4 is 0 Å². The molecule has 0 saturated carbocycles. The number of aliphatic hydroxyl groups excluding tert-OH is 1. The molecular weight excluding hydrogens is 264 g/mol. The molecular formula is C14H22O4S. The fraction of sp³-hybridized carbons (Fsp3) is 0.786. The molecule has 19 heavy (non-hydrogen) atoms. The fourth-order valence-corrected chi connectivity index (χ4v) is 4.16. The summed E-state index contributed by atoms with van der Waals surface area (Å²) in [6, 6.07) is 0. The van der Waals surface area contributed by atoms with Crippen molar-refractivity contribution in [2.45, 2.75) is 50.6 Å². The normalized spacial score (nSPS) is 28.8. The van der Waals surface area contributed by atoms with Crippen LogP contribution in [-0.4, -0.2) is 41.1 Å². The molecule has 0 unspecified atom stereocenters. The summed E-state index contributed by atoms with van der Waals surface area (Å²) in [7, 11) is 0. The predicted molar refractivity (Wildman–Crippen MR) is 74.9 cm³/mol. The number of rotatable bonds is 4. The third-order valence-electron chi connectivity index (χ3n) is 3.83. The molecule has 1 aliphatic carbocycles. The van der Waals surface area contributed by atoms with Crippen LogP contribution in [0.2, 0.25) is 0 Å². The molecule has 1 N–H and O–H groups in total. The highest BCUT2D eigenvalue weighted by molar-refractivity contribution is 8.00. The van der Waals surface area contributed by atoms with Gasteiger partial charge in [-0.3, -0.25) is 4.79 Å². The number of hydrogen-bond donors (Lipinski definition) is 1. The first-order valence-electron chi connectivity index (χ1n) is 6.91. The van der Waals surface area contributed by atoms with Crippen LogP contribution in [0.1, 0.15) is 39.5 Å². The molecule has 0 aromatic rings. The van der Waals surface area contributed by atoms with Crippen LogP contribution in [-0.2, 0) is 14.3 Å². The molecule has 2 atom stereocenters. The van der Waals surface area contributed by atoms with Gasteiger partial charge in [-0.2, -0.15) is 0 Å². The van der Waals surface area contributed by atoms with E-state index in [-0.39, 0.29) is 17.3 Å². The van der Waals surface area contributed by atoms with Crippen molar-refractivity contribution in [2.75, 3.05) is 19.0 Å². The van der Waals surface area contributed by atoms with Crippen molar-refractivity contribution >= 4 is 17.7 Å². The van der Waals surface area contributed by atoms with Crippen LogP contribution in [0.25, 0.3) is 0 Å². The Kier molecular flexibility index (Phi) is 4.92. The van der Waals surface area contributed by atoms with E-state index < -0.39 is 6.10 Å². The van der Waals surface area contributed by atoms with E-state index in [2.05, 4.69) is 0 Å². The van der Waals surface area contributed by atoms with Gasteiger partial charge in [0, 0.05) is 5.75 Å². The van der Waals surface area contributed by atoms with Crippen molar-refractivity contribution in [1.82, 2.24) is 0 Å². The Morgan fingerprint density at radius 3 is 3.05 bits per heavy atom. The van der Waals surface area contributed by atoms with E-state index in [0.717, 1.165) is 42.8 Å². The van der Waals surface area contributed by atoms with Gasteiger partial charge in [0.1, 0.15) is 4.93 Å². The third kappa shape index (κ3) is 3.15. The van der Waals surface area contributed by atoms with Crippen molar-refractivity contribution in [3.63, 3.8) is 0 Å². The second-order valence-electron chi connectivity index (χ2n) is 4.98. The highest BCUT2D eigenvalue weighted by atomic mass is 32.2. The molecule has 5 heteroatoms. The summed E-state index contributed by atoms with van der Waals surface area (Å²) in [4.78, 5) is 11.2. The molecule has 2 rings (SSSR count). The maximum absolute atomic E-state index is 11.5. The van der Waals surface area contributed by atoms with E-state index in [9.17, 15) is 9.90 Å². The number of aliphatic hydroxyl groups is 1. The van der Waals surface area contributed by atoms with E-state index >= 15 is 0 Å². The van der Waals surface area contributed by atoms with Gasteiger partial charge in [-0.1, -0.05) is 0 Å². The molecule has 0 aromatic heterocycles. The Morgan fingerprint density at radius 1 is 1.63 bits per heavy atom. The minimum Gasteiger partial charge on any atom is -0.466 e. The Hall–Kier alpha value is -0.520. The quantitative estimate of drug-likeness (QED) is 0.634. The van der Waals surface area contributed by atoms with E-state index in [4.69, 9.17) is 9.47 Å². The zero-order chi connectivity index (χ0) is 13.9. The van der Waals surface area contributed by atoms with Gasteiger partial charge < -0.3 is 14.6 Å². The molecule has 1 heterocycles. The Morgan fingerprint density at radius 2 is 2.42 bits per heavy atom. The zero-order valence-corrected chi connectivity index (χ0v) is 12.4. The highest BCUT2D eigenvalue weighted by Gasteiger charge is 2.42. The second-order valence-corrected chi connectivity index (χ2v) is 6.33.